The maximum atomic E-state index is 13.1. The molecule has 0 N–H and O–H groups in total. The van der Waals surface area contributed by atoms with Crippen LogP contribution in [-0.2, 0) is 30.0 Å². The molecule has 6 heteroatoms. The Kier molecular flexibility index (Phi) is 3.61. The van der Waals surface area contributed by atoms with Crippen LogP contribution < -0.4 is 0 Å². The lowest BCUT2D eigenvalue weighted by Gasteiger charge is -2.28. The van der Waals surface area contributed by atoms with Gasteiger partial charge in [-0.1, -0.05) is 17.7 Å². The summed E-state index contributed by atoms with van der Waals surface area (Å²) in [6.07, 6.45) is 2.42. The third-order valence-corrected chi connectivity index (χ3v) is 6.42. The van der Waals surface area contributed by atoms with Crippen LogP contribution in [0, 0.1) is 20.8 Å². The standard InChI is InChI=1S/C16H21N3O2S/c1-11-7-12(2)16(13(3)8-11)22(20,21)19-6-5-14-15(9-19)18(4)10-17-14/h7-8,10H,5-6,9H2,1-4H3. The maximum absolute atomic E-state index is 13.1. The van der Waals surface area contributed by atoms with E-state index in [2.05, 4.69) is 4.98 Å². The molecule has 3 rings (SSSR count). The van der Waals surface area contributed by atoms with Crippen molar-refractivity contribution in [3.63, 3.8) is 0 Å². The van der Waals surface area contributed by atoms with Crippen molar-refractivity contribution >= 4 is 10.0 Å². The Balaban J connectivity index is 2.04. The van der Waals surface area contributed by atoms with Gasteiger partial charge >= 0.3 is 0 Å². The number of rotatable bonds is 2. The van der Waals surface area contributed by atoms with Gasteiger partial charge in [0.1, 0.15) is 0 Å². The van der Waals surface area contributed by atoms with Gasteiger partial charge in [0, 0.05) is 20.0 Å². The molecule has 118 valence electrons. The highest BCUT2D eigenvalue weighted by Gasteiger charge is 2.32. The first kappa shape index (κ1) is 15.2. The van der Waals surface area contributed by atoms with Gasteiger partial charge in [0.15, 0.2) is 0 Å². The van der Waals surface area contributed by atoms with E-state index < -0.39 is 10.0 Å². The minimum Gasteiger partial charge on any atom is -0.336 e. The van der Waals surface area contributed by atoms with Crippen LogP contribution >= 0.6 is 0 Å². The molecule has 0 bridgehead atoms. The van der Waals surface area contributed by atoms with Crippen LogP contribution in [0.3, 0.4) is 0 Å². The molecule has 1 aromatic heterocycles. The van der Waals surface area contributed by atoms with Crippen molar-refractivity contribution in [2.45, 2.75) is 38.6 Å². The maximum Gasteiger partial charge on any atom is 0.243 e. The van der Waals surface area contributed by atoms with Gasteiger partial charge in [0.25, 0.3) is 0 Å². The molecule has 22 heavy (non-hydrogen) atoms. The highest BCUT2D eigenvalue weighted by atomic mass is 32.2. The van der Waals surface area contributed by atoms with Crippen molar-refractivity contribution in [1.29, 1.82) is 0 Å². The van der Waals surface area contributed by atoms with Crippen molar-refractivity contribution in [2.24, 2.45) is 7.05 Å². The smallest absolute Gasteiger partial charge is 0.243 e. The summed E-state index contributed by atoms with van der Waals surface area (Å²) in [6.45, 7) is 6.60. The topological polar surface area (TPSA) is 55.2 Å². The fourth-order valence-electron chi connectivity index (χ4n) is 3.30. The number of fused-ring (bicyclic) bond motifs is 1. The van der Waals surface area contributed by atoms with Crippen LogP contribution in [0.25, 0.3) is 0 Å². The summed E-state index contributed by atoms with van der Waals surface area (Å²) in [4.78, 5) is 4.78. The van der Waals surface area contributed by atoms with Crippen LogP contribution in [0.1, 0.15) is 28.1 Å². The molecule has 2 aromatic rings. The normalized spacial score (nSPS) is 15.8. The number of imidazole rings is 1. The lowest BCUT2D eigenvalue weighted by atomic mass is 10.1. The summed E-state index contributed by atoms with van der Waals surface area (Å²) in [5.41, 5.74) is 4.70. The van der Waals surface area contributed by atoms with Gasteiger partial charge in [0.2, 0.25) is 10.0 Å². The Morgan fingerprint density at radius 3 is 2.41 bits per heavy atom. The monoisotopic (exact) mass is 319 g/mol. The molecular formula is C16H21N3O2S. The van der Waals surface area contributed by atoms with E-state index in [-0.39, 0.29) is 0 Å². The summed E-state index contributed by atoms with van der Waals surface area (Å²) < 4.78 is 29.6. The van der Waals surface area contributed by atoms with E-state index in [1.54, 1.807) is 10.6 Å². The molecule has 2 heterocycles. The minimum atomic E-state index is -3.49. The van der Waals surface area contributed by atoms with Crippen molar-refractivity contribution in [1.82, 2.24) is 13.9 Å². The lowest BCUT2D eigenvalue weighted by Crippen LogP contribution is -2.37. The summed E-state index contributed by atoms with van der Waals surface area (Å²) in [5.74, 6) is 0. The van der Waals surface area contributed by atoms with Gasteiger partial charge in [-0.05, 0) is 31.9 Å². The average Bonchev–Trinajstić information content (AvgIpc) is 2.78. The van der Waals surface area contributed by atoms with E-state index in [0.717, 1.165) is 28.1 Å². The largest absolute Gasteiger partial charge is 0.336 e. The quantitative estimate of drug-likeness (QED) is 0.852. The molecule has 0 atom stereocenters. The van der Waals surface area contributed by atoms with Crippen molar-refractivity contribution in [2.75, 3.05) is 6.54 Å². The lowest BCUT2D eigenvalue weighted by molar-refractivity contribution is 0.379. The fourth-order valence-corrected chi connectivity index (χ4v) is 5.11. The molecule has 0 fully saturated rings. The fraction of sp³-hybridized carbons (Fsp3) is 0.438. The van der Waals surface area contributed by atoms with E-state index >= 15 is 0 Å². The third kappa shape index (κ3) is 2.36. The van der Waals surface area contributed by atoms with Crippen LogP contribution in [0.4, 0.5) is 0 Å². The zero-order valence-electron chi connectivity index (χ0n) is 13.4. The molecule has 1 aliphatic rings. The minimum absolute atomic E-state index is 0.390. The molecule has 0 aliphatic carbocycles. The number of aromatic nitrogens is 2. The SMILES string of the molecule is Cc1cc(C)c(S(=O)(=O)N2CCc3ncn(C)c3C2)c(C)c1. The second kappa shape index (κ2) is 5.21. The first-order valence-corrected chi connectivity index (χ1v) is 8.82. The average molecular weight is 319 g/mol. The number of hydrogen-bond donors (Lipinski definition) is 0. The van der Waals surface area contributed by atoms with Crippen molar-refractivity contribution < 1.29 is 8.42 Å². The molecule has 0 saturated heterocycles. The molecule has 0 unspecified atom stereocenters. The number of sulfonamides is 1. The predicted molar refractivity (Wildman–Crippen MR) is 85.2 cm³/mol. The summed E-state index contributed by atoms with van der Waals surface area (Å²) in [7, 11) is -1.58. The Morgan fingerprint density at radius 1 is 1.14 bits per heavy atom. The molecule has 0 radical (unpaired) electrons. The second-order valence-corrected chi connectivity index (χ2v) is 7.94. The van der Waals surface area contributed by atoms with E-state index in [1.165, 1.54) is 0 Å². The number of aryl methyl sites for hydroxylation is 4. The Hall–Kier alpha value is -1.66. The number of benzene rings is 1. The zero-order chi connectivity index (χ0) is 16.1. The Labute approximate surface area is 131 Å². The summed E-state index contributed by atoms with van der Waals surface area (Å²) >= 11 is 0. The van der Waals surface area contributed by atoms with Gasteiger partial charge in [-0.2, -0.15) is 4.31 Å². The first-order chi connectivity index (χ1) is 10.3. The highest BCUT2D eigenvalue weighted by Crippen LogP contribution is 2.28. The first-order valence-electron chi connectivity index (χ1n) is 7.38. The van der Waals surface area contributed by atoms with Gasteiger partial charge in [-0.3, -0.25) is 0 Å². The molecule has 1 aromatic carbocycles. The molecule has 0 spiro atoms. The van der Waals surface area contributed by atoms with Gasteiger partial charge in [-0.25, -0.2) is 13.4 Å². The third-order valence-electron chi connectivity index (χ3n) is 4.27. The van der Waals surface area contributed by atoms with Gasteiger partial charge in [0.05, 0.1) is 29.2 Å². The van der Waals surface area contributed by atoms with E-state index in [0.29, 0.717) is 24.4 Å². The second-order valence-electron chi connectivity index (χ2n) is 6.07. The molecule has 0 saturated carbocycles. The Bertz CT molecular complexity index is 814. The van der Waals surface area contributed by atoms with Crippen LogP contribution in [-0.4, -0.2) is 28.8 Å². The number of hydrogen-bond acceptors (Lipinski definition) is 3. The summed E-state index contributed by atoms with van der Waals surface area (Å²) in [5, 5.41) is 0. The molecular weight excluding hydrogens is 298 g/mol. The van der Waals surface area contributed by atoms with Crippen molar-refractivity contribution in [3.05, 3.63) is 46.5 Å². The Morgan fingerprint density at radius 2 is 1.77 bits per heavy atom. The van der Waals surface area contributed by atoms with Gasteiger partial charge in [-0.15, -0.1) is 0 Å². The van der Waals surface area contributed by atoms with Crippen molar-refractivity contribution in [3.8, 4) is 0 Å². The van der Waals surface area contributed by atoms with E-state index in [1.807, 2.05) is 44.5 Å². The molecule has 5 nitrogen and oxygen atoms in total. The highest BCUT2D eigenvalue weighted by molar-refractivity contribution is 7.89. The van der Waals surface area contributed by atoms with Gasteiger partial charge < -0.3 is 4.57 Å². The number of nitrogens with zero attached hydrogens (tertiary/aromatic N) is 3. The molecule has 0 amide bonds. The van der Waals surface area contributed by atoms with Crippen LogP contribution in [0.15, 0.2) is 23.4 Å². The van der Waals surface area contributed by atoms with Crippen LogP contribution in [0.5, 0.6) is 0 Å². The van der Waals surface area contributed by atoms with E-state index in [9.17, 15) is 8.42 Å². The zero-order valence-corrected chi connectivity index (χ0v) is 14.2. The predicted octanol–water partition coefficient (Wildman–Crippen LogP) is 2.09. The molecule has 1 aliphatic heterocycles. The summed E-state index contributed by atoms with van der Waals surface area (Å²) in [6, 6.07) is 3.86. The van der Waals surface area contributed by atoms with E-state index in [4.69, 9.17) is 0 Å². The van der Waals surface area contributed by atoms with Crippen LogP contribution in [0.2, 0.25) is 0 Å².